The summed E-state index contributed by atoms with van der Waals surface area (Å²) in [6.45, 7) is 4.47. The first kappa shape index (κ1) is 12.0. The summed E-state index contributed by atoms with van der Waals surface area (Å²) in [5.74, 6) is 0.270. The maximum atomic E-state index is 12.4. The molecule has 15 heavy (non-hydrogen) atoms. The molecule has 0 amide bonds. The highest BCUT2D eigenvalue weighted by molar-refractivity contribution is 5.25. The summed E-state index contributed by atoms with van der Waals surface area (Å²) < 4.78 is 42.0. The third-order valence-electron chi connectivity index (χ3n) is 2.03. The molecule has 3 nitrogen and oxygen atoms in total. The summed E-state index contributed by atoms with van der Waals surface area (Å²) in [5.41, 5.74) is -0.763. The van der Waals surface area contributed by atoms with E-state index in [2.05, 4.69) is 15.0 Å². The van der Waals surface area contributed by atoms with Gasteiger partial charge in [0.05, 0.1) is 6.54 Å². The van der Waals surface area contributed by atoms with Gasteiger partial charge in [-0.25, -0.2) is 0 Å². The third kappa shape index (κ3) is 2.71. The van der Waals surface area contributed by atoms with E-state index in [0.717, 1.165) is 0 Å². The normalized spacial score (nSPS) is 12.1. The van der Waals surface area contributed by atoms with Crippen molar-refractivity contribution in [1.82, 2.24) is 10.5 Å². The second kappa shape index (κ2) is 4.65. The average molecular weight is 222 g/mol. The Morgan fingerprint density at radius 3 is 2.47 bits per heavy atom. The summed E-state index contributed by atoms with van der Waals surface area (Å²) in [4.78, 5) is 0. The Hall–Kier alpha value is -1.04. The molecule has 0 atom stereocenters. The van der Waals surface area contributed by atoms with Crippen LogP contribution in [-0.4, -0.2) is 11.7 Å². The number of nitrogens with one attached hydrogen (secondary N) is 1. The van der Waals surface area contributed by atoms with Crippen molar-refractivity contribution in [2.24, 2.45) is 0 Å². The minimum absolute atomic E-state index is 0.142. The second-order valence-corrected chi connectivity index (χ2v) is 3.06. The molecule has 0 bridgehead atoms. The summed E-state index contributed by atoms with van der Waals surface area (Å²) in [6, 6.07) is 0. The van der Waals surface area contributed by atoms with Gasteiger partial charge in [0.2, 0.25) is 0 Å². The monoisotopic (exact) mass is 222 g/mol. The molecule has 1 heterocycles. The SMILES string of the molecule is CCNCc1onc(C(F)(F)F)c1CC. The number of alkyl halides is 3. The first-order valence-corrected chi connectivity index (χ1v) is 4.76. The van der Waals surface area contributed by atoms with E-state index in [1.54, 1.807) is 6.92 Å². The fraction of sp³-hybridized carbons (Fsp3) is 0.667. The Bertz CT molecular complexity index is 320. The quantitative estimate of drug-likeness (QED) is 0.849. The standard InChI is InChI=1S/C9H13F3N2O/c1-3-6-7(5-13-4-2)15-14-8(6)9(10,11)12/h13H,3-5H2,1-2H3. The minimum atomic E-state index is -4.43. The zero-order valence-electron chi connectivity index (χ0n) is 8.61. The highest BCUT2D eigenvalue weighted by Gasteiger charge is 2.38. The molecular formula is C9H13F3N2O. The van der Waals surface area contributed by atoms with Gasteiger partial charge in [-0.05, 0) is 13.0 Å². The molecule has 0 aliphatic heterocycles. The molecule has 0 radical (unpaired) electrons. The van der Waals surface area contributed by atoms with Crippen molar-refractivity contribution in [3.63, 3.8) is 0 Å². The van der Waals surface area contributed by atoms with Gasteiger partial charge in [-0.2, -0.15) is 13.2 Å². The molecule has 1 rings (SSSR count). The number of nitrogens with zero attached hydrogens (tertiary/aromatic N) is 1. The van der Waals surface area contributed by atoms with E-state index in [1.807, 2.05) is 6.92 Å². The van der Waals surface area contributed by atoms with E-state index < -0.39 is 11.9 Å². The van der Waals surface area contributed by atoms with Crippen LogP contribution in [0.5, 0.6) is 0 Å². The van der Waals surface area contributed by atoms with Crippen LogP contribution < -0.4 is 5.32 Å². The number of hydrogen-bond donors (Lipinski definition) is 1. The number of aromatic nitrogens is 1. The maximum Gasteiger partial charge on any atom is 0.437 e. The average Bonchev–Trinajstić information content (AvgIpc) is 2.56. The van der Waals surface area contributed by atoms with Gasteiger partial charge in [-0.1, -0.05) is 19.0 Å². The van der Waals surface area contributed by atoms with Gasteiger partial charge in [-0.15, -0.1) is 0 Å². The fourth-order valence-corrected chi connectivity index (χ4v) is 1.31. The van der Waals surface area contributed by atoms with Crippen molar-refractivity contribution >= 4 is 0 Å². The molecule has 0 aliphatic rings. The Kier molecular flexibility index (Phi) is 3.73. The van der Waals surface area contributed by atoms with Gasteiger partial charge in [0.1, 0.15) is 0 Å². The van der Waals surface area contributed by atoms with Crippen LogP contribution in [-0.2, 0) is 19.1 Å². The Morgan fingerprint density at radius 2 is 2.00 bits per heavy atom. The van der Waals surface area contributed by atoms with Gasteiger partial charge in [0.25, 0.3) is 0 Å². The van der Waals surface area contributed by atoms with Crippen LogP contribution in [0.2, 0.25) is 0 Å². The number of halogens is 3. The second-order valence-electron chi connectivity index (χ2n) is 3.06. The van der Waals surface area contributed by atoms with Crippen LogP contribution >= 0.6 is 0 Å². The Morgan fingerprint density at radius 1 is 1.33 bits per heavy atom. The van der Waals surface area contributed by atoms with Crippen LogP contribution in [0, 0.1) is 0 Å². The van der Waals surface area contributed by atoms with E-state index >= 15 is 0 Å². The van der Waals surface area contributed by atoms with Crippen molar-refractivity contribution in [1.29, 1.82) is 0 Å². The molecular weight excluding hydrogens is 209 g/mol. The predicted octanol–water partition coefficient (Wildman–Crippen LogP) is 2.37. The fourth-order valence-electron chi connectivity index (χ4n) is 1.31. The summed E-state index contributed by atoms with van der Waals surface area (Å²) in [5, 5.41) is 5.97. The number of hydrogen-bond acceptors (Lipinski definition) is 3. The lowest BCUT2D eigenvalue weighted by molar-refractivity contribution is -0.143. The molecule has 0 aliphatic carbocycles. The van der Waals surface area contributed by atoms with Crippen molar-refractivity contribution < 1.29 is 17.7 Å². The lowest BCUT2D eigenvalue weighted by Crippen LogP contribution is -2.13. The van der Waals surface area contributed by atoms with E-state index in [4.69, 9.17) is 0 Å². The lowest BCUT2D eigenvalue weighted by Gasteiger charge is -2.04. The van der Waals surface area contributed by atoms with Crippen LogP contribution in [0.3, 0.4) is 0 Å². The molecule has 0 spiro atoms. The van der Waals surface area contributed by atoms with Crippen molar-refractivity contribution in [3.8, 4) is 0 Å². The third-order valence-corrected chi connectivity index (χ3v) is 2.03. The minimum Gasteiger partial charge on any atom is -0.359 e. The molecule has 1 aromatic heterocycles. The van der Waals surface area contributed by atoms with Crippen molar-refractivity contribution in [3.05, 3.63) is 17.0 Å². The smallest absolute Gasteiger partial charge is 0.359 e. The molecule has 86 valence electrons. The molecule has 0 aromatic carbocycles. The van der Waals surface area contributed by atoms with E-state index in [1.165, 1.54) is 0 Å². The zero-order valence-corrected chi connectivity index (χ0v) is 8.61. The molecule has 0 saturated heterocycles. The van der Waals surface area contributed by atoms with Crippen LogP contribution in [0.15, 0.2) is 4.52 Å². The van der Waals surface area contributed by atoms with Crippen LogP contribution in [0.1, 0.15) is 30.9 Å². The highest BCUT2D eigenvalue weighted by atomic mass is 19.4. The predicted molar refractivity (Wildman–Crippen MR) is 48.3 cm³/mol. The Labute approximate surface area is 85.6 Å². The maximum absolute atomic E-state index is 12.4. The summed E-state index contributed by atoms with van der Waals surface area (Å²) >= 11 is 0. The first-order chi connectivity index (χ1) is 7.00. The van der Waals surface area contributed by atoms with E-state index in [9.17, 15) is 13.2 Å². The molecule has 0 unspecified atom stereocenters. The van der Waals surface area contributed by atoms with Gasteiger partial charge < -0.3 is 9.84 Å². The van der Waals surface area contributed by atoms with E-state index in [-0.39, 0.29) is 24.3 Å². The number of rotatable bonds is 4. The zero-order chi connectivity index (χ0) is 11.5. The molecule has 6 heteroatoms. The van der Waals surface area contributed by atoms with Gasteiger partial charge in [0, 0.05) is 5.56 Å². The van der Waals surface area contributed by atoms with Crippen molar-refractivity contribution in [2.75, 3.05) is 6.54 Å². The molecule has 0 fully saturated rings. The van der Waals surface area contributed by atoms with Gasteiger partial charge in [-0.3, -0.25) is 0 Å². The van der Waals surface area contributed by atoms with Crippen molar-refractivity contribution in [2.45, 2.75) is 33.0 Å². The highest BCUT2D eigenvalue weighted by Crippen LogP contribution is 2.32. The largest absolute Gasteiger partial charge is 0.437 e. The molecule has 0 saturated carbocycles. The van der Waals surface area contributed by atoms with Crippen LogP contribution in [0.4, 0.5) is 13.2 Å². The van der Waals surface area contributed by atoms with Gasteiger partial charge in [0.15, 0.2) is 11.5 Å². The Balaban J connectivity index is 2.95. The summed E-state index contributed by atoms with van der Waals surface area (Å²) in [6.07, 6.45) is -4.17. The lowest BCUT2D eigenvalue weighted by atomic mass is 10.1. The van der Waals surface area contributed by atoms with Gasteiger partial charge >= 0.3 is 6.18 Å². The molecule has 1 N–H and O–H groups in total. The topological polar surface area (TPSA) is 38.1 Å². The first-order valence-electron chi connectivity index (χ1n) is 4.76. The summed E-state index contributed by atoms with van der Waals surface area (Å²) in [7, 11) is 0. The molecule has 1 aromatic rings. The van der Waals surface area contributed by atoms with E-state index in [0.29, 0.717) is 6.54 Å². The van der Waals surface area contributed by atoms with Crippen LogP contribution in [0.25, 0.3) is 0 Å².